The second kappa shape index (κ2) is 8.38. The molecule has 3 nitrogen and oxygen atoms in total. The van der Waals surface area contributed by atoms with E-state index in [1.165, 1.54) is 12.0 Å². The highest BCUT2D eigenvalue weighted by Crippen LogP contribution is 2.28. The number of nitrogens with zero attached hydrogens (tertiary/aromatic N) is 1. The zero-order valence-corrected chi connectivity index (χ0v) is 13.0. The highest BCUT2D eigenvalue weighted by molar-refractivity contribution is 9.09. The van der Waals surface area contributed by atoms with E-state index in [0.717, 1.165) is 36.5 Å². The van der Waals surface area contributed by atoms with Crippen LogP contribution >= 0.6 is 15.9 Å². The standard InChI is InChI=1S/C14H22BrNO2/c1-4-8-16(9-7-15)11-12-5-6-13(17-2)14(10-12)18-3/h5-6,10H,4,7-9,11H2,1-3H3. The summed E-state index contributed by atoms with van der Waals surface area (Å²) in [6.45, 7) is 5.32. The second-order valence-electron chi connectivity index (χ2n) is 4.15. The molecule has 102 valence electrons. The second-order valence-corrected chi connectivity index (χ2v) is 4.95. The van der Waals surface area contributed by atoms with Gasteiger partial charge in [0.15, 0.2) is 11.5 Å². The molecule has 0 N–H and O–H groups in total. The summed E-state index contributed by atoms with van der Waals surface area (Å²) in [6, 6.07) is 6.11. The number of halogens is 1. The molecule has 1 aromatic carbocycles. The smallest absolute Gasteiger partial charge is 0.161 e. The number of benzene rings is 1. The van der Waals surface area contributed by atoms with Crippen LogP contribution in [0.4, 0.5) is 0 Å². The van der Waals surface area contributed by atoms with Crippen LogP contribution in [0, 0.1) is 0 Å². The molecule has 1 aromatic rings. The van der Waals surface area contributed by atoms with Gasteiger partial charge >= 0.3 is 0 Å². The topological polar surface area (TPSA) is 21.7 Å². The van der Waals surface area contributed by atoms with Crippen molar-refractivity contribution < 1.29 is 9.47 Å². The Morgan fingerprint density at radius 3 is 2.39 bits per heavy atom. The minimum absolute atomic E-state index is 0.781. The van der Waals surface area contributed by atoms with Crippen molar-refractivity contribution in [3.63, 3.8) is 0 Å². The Labute approximate surface area is 118 Å². The van der Waals surface area contributed by atoms with Crippen LogP contribution < -0.4 is 9.47 Å². The lowest BCUT2D eigenvalue weighted by molar-refractivity contribution is 0.282. The Hall–Kier alpha value is -0.740. The highest BCUT2D eigenvalue weighted by atomic mass is 79.9. The molecule has 0 aliphatic carbocycles. The lowest BCUT2D eigenvalue weighted by Crippen LogP contribution is -2.26. The SMILES string of the molecule is CCCN(CCBr)Cc1ccc(OC)c(OC)c1. The summed E-state index contributed by atoms with van der Waals surface area (Å²) in [5.41, 5.74) is 1.25. The van der Waals surface area contributed by atoms with Gasteiger partial charge in [-0.15, -0.1) is 0 Å². The van der Waals surface area contributed by atoms with Gasteiger partial charge in [-0.2, -0.15) is 0 Å². The summed E-state index contributed by atoms with van der Waals surface area (Å²) >= 11 is 3.50. The molecule has 0 saturated heterocycles. The van der Waals surface area contributed by atoms with E-state index in [1.54, 1.807) is 14.2 Å². The normalized spacial score (nSPS) is 10.7. The molecule has 4 heteroatoms. The molecule has 0 saturated carbocycles. The molecule has 0 aliphatic rings. The summed E-state index contributed by atoms with van der Waals surface area (Å²) < 4.78 is 10.6. The van der Waals surface area contributed by atoms with Gasteiger partial charge in [-0.25, -0.2) is 0 Å². The quantitative estimate of drug-likeness (QED) is 0.687. The molecular formula is C14H22BrNO2. The van der Waals surface area contributed by atoms with E-state index in [0.29, 0.717) is 0 Å². The van der Waals surface area contributed by atoms with Gasteiger partial charge in [-0.1, -0.05) is 28.9 Å². The molecule has 1 rings (SSSR count). The average molecular weight is 316 g/mol. The van der Waals surface area contributed by atoms with Crippen molar-refractivity contribution in [2.75, 3.05) is 32.6 Å². The fraction of sp³-hybridized carbons (Fsp3) is 0.571. The fourth-order valence-electron chi connectivity index (χ4n) is 1.94. The van der Waals surface area contributed by atoms with Crippen LogP contribution in [0.1, 0.15) is 18.9 Å². The third-order valence-corrected chi connectivity index (χ3v) is 3.15. The lowest BCUT2D eigenvalue weighted by Gasteiger charge is -2.21. The summed E-state index contributed by atoms with van der Waals surface area (Å²) in [4.78, 5) is 2.43. The van der Waals surface area contributed by atoms with Gasteiger partial charge in [0.05, 0.1) is 14.2 Å². The number of hydrogen-bond donors (Lipinski definition) is 0. The Balaban J connectivity index is 2.76. The van der Waals surface area contributed by atoms with Crippen molar-refractivity contribution in [1.82, 2.24) is 4.90 Å². The Morgan fingerprint density at radius 1 is 1.11 bits per heavy atom. The minimum atomic E-state index is 0.781. The number of alkyl halides is 1. The van der Waals surface area contributed by atoms with Crippen molar-refractivity contribution >= 4 is 15.9 Å². The van der Waals surface area contributed by atoms with Crippen LogP contribution in [0.3, 0.4) is 0 Å². The van der Waals surface area contributed by atoms with Gasteiger partial charge in [0.1, 0.15) is 0 Å². The van der Waals surface area contributed by atoms with E-state index >= 15 is 0 Å². The largest absolute Gasteiger partial charge is 0.493 e. The molecule has 0 amide bonds. The monoisotopic (exact) mass is 315 g/mol. The van der Waals surface area contributed by atoms with E-state index in [-0.39, 0.29) is 0 Å². The molecule has 0 bridgehead atoms. The van der Waals surface area contributed by atoms with Gasteiger partial charge in [-0.05, 0) is 30.7 Å². The number of methoxy groups -OCH3 is 2. The fourth-order valence-corrected chi connectivity index (χ4v) is 2.44. The number of ether oxygens (including phenoxy) is 2. The van der Waals surface area contributed by atoms with Crippen LogP contribution in [-0.2, 0) is 6.54 Å². The third-order valence-electron chi connectivity index (χ3n) is 2.79. The summed E-state index contributed by atoms with van der Waals surface area (Å²) in [5, 5.41) is 1.00. The van der Waals surface area contributed by atoms with Gasteiger partial charge in [0.2, 0.25) is 0 Å². The average Bonchev–Trinajstić information content (AvgIpc) is 2.39. The summed E-state index contributed by atoms with van der Waals surface area (Å²) in [6.07, 6.45) is 1.17. The zero-order valence-electron chi connectivity index (χ0n) is 11.4. The maximum Gasteiger partial charge on any atom is 0.161 e. The third kappa shape index (κ3) is 4.50. The van der Waals surface area contributed by atoms with E-state index in [4.69, 9.17) is 9.47 Å². The molecule has 0 aromatic heterocycles. The van der Waals surface area contributed by atoms with Crippen LogP contribution in [0.15, 0.2) is 18.2 Å². The van der Waals surface area contributed by atoms with Crippen molar-refractivity contribution in [2.24, 2.45) is 0 Å². The first-order valence-corrected chi connectivity index (χ1v) is 7.36. The Kier molecular flexibility index (Phi) is 7.13. The zero-order chi connectivity index (χ0) is 13.4. The van der Waals surface area contributed by atoms with E-state index in [1.807, 2.05) is 6.07 Å². The summed E-state index contributed by atoms with van der Waals surface area (Å²) in [7, 11) is 3.33. The van der Waals surface area contributed by atoms with Crippen LogP contribution in [0.5, 0.6) is 11.5 Å². The molecule has 18 heavy (non-hydrogen) atoms. The number of rotatable bonds is 8. The van der Waals surface area contributed by atoms with Crippen LogP contribution in [-0.4, -0.2) is 37.5 Å². The molecule has 0 atom stereocenters. The summed E-state index contributed by atoms with van der Waals surface area (Å²) in [5.74, 6) is 1.58. The predicted molar refractivity (Wildman–Crippen MR) is 78.9 cm³/mol. The highest BCUT2D eigenvalue weighted by Gasteiger charge is 2.08. The predicted octanol–water partition coefficient (Wildman–Crippen LogP) is 3.31. The van der Waals surface area contributed by atoms with Gasteiger partial charge in [0, 0.05) is 18.4 Å². The van der Waals surface area contributed by atoms with Crippen molar-refractivity contribution in [1.29, 1.82) is 0 Å². The van der Waals surface area contributed by atoms with Crippen molar-refractivity contribution in [2.45, 2.75) is 19.9 Å². The van der Waals surface area contributed by atoms with Crippen LogP contribution in [0.25, 0.3) is 0 Å². The number of hydrogen-bond acceptors (Lipinski definition) is 3. The van der Waals surface area contributed by atoms with Gasteiger partial charge < -0.3 is 9.47 Å². The maximum absolute atomic E-state index is 5.33. The van der Waals surface area contributed by atoms with Gasteiger partial charge in [-0.3, -0.25) is 4.90 Å². The minimum Gasteiger partial charge on any atom is -0.493 e. The van der Waals surface area contributed by atoms with E-state index < -0.39 is 0 Å². The first kappa shape index (κ1) is 15.3. The Bertz CT molecular complexity index is 352. The molecule has 0 heterocycles. The van der Waals surface area contributed by atoms with Gasteiger partial charge in [0.25, 0.3) is 0 Å². The first-order valence-electron chi connectivity index (χ1n) is 6.24. The molecule has 0 radical (unpaired) electrons. The molecule has 0 aliphatic heterocycles. The first-order chi connectivity index (χ1) is 8.74. The lowest BCUT2D eigenvalue weighted by atomic mass is 10.2. The van der Waals surface area contributed by atoms with E-state index in [9.17, 15) is 0 Å². The molecule has 0 fully saturated rings. The molecule has 0 spiro atoms. The molecular weight excluding hydrogens is 294 g/mol. The van der Waals surface area contributed by atoms with Crippen LogP contribution in [0.2, 0.25) is 0 Å². The van der Waals surface area contributed by atoms with Crippen molar-refractivity contribution in [3.05, 3.63) is 23.8 Å². The Morgan fingerprint density at radius 2 is 1.83 bits per heavy atom. The molecule has 0 unspecified atom stereocenters. The van der Waals surface area contributed by atoms with E-state index in [2.05, 4.69) is 39.9 Å². The van der Waals surface area contributed by atoms with Crippen molar-refractivity contribution in [3.8, 4) is 11.5 Å². The maximum atomic E-state index is 5.33.